The Morgan fingerprint density at radius 3 is 2.55 bits per heavy atom. The zero-order chi connectivity index (χ0) is 22.4. The Morgan fingerprint density at radius 2 is 1.87 bits per heavy atom. The van der Waals surface area contributed by atoms with E-state index in [4.69, 9.17) is 16.1 Å². The first kappa shape index (κ1) is 20.9. The second-order valence-electron chi connectivity index (χ2n) is 7.04. The van der Waals surface area contributed by atoms with Crippen molar-refractivity contribution in [2.24, 2.45) is 0 Å². The topological polar surface area (TPSA) is 88.3 Å². The van der Waals surface area contributed by atoms with Crippen LogP contribution in [0, 0.1) is 0 Å². The van der Waals surface area contributed by atoms with Crippen molar-refractivity contribution in [2.75, 3.05) is 0 Å². The summed E-state index contributed by atoms with van der Waals surface area (Å²) in [5.41, 5.74) is -1.55. The highest BCUT2D eigenvalue weighted by molar-refractivity contribution is 6.30. The van der Waals surface area contributed by atoms with Crippen LogP contribution in [-0.4, -0.2) is 27.0 Å². The normalized spacial score (nSPS) is 19.1. The molecule has 0 aliphatic carbocycles. The smallest absolute Gasteiger partial charge is 0.337 e. The second-order valence-corrected chi connectivity index (χ2v) is 7.48. The third-order valence-corrected chi connectivity index (χ3v) is 5.16. The highest BCUT2D eigenvalue weighted by atomic mass is 35.5. The second kappa shape index (κ2) is 7.38. The molecule has 1 fully saturated rings. The third-order valence-electron chi connectivity index (χ3n) is 4.91. The minimum atomic E-state index is -4.52. The van der Waals surface area contributed by atoms with Crippen LogP contribution in [-0.2, 0) is 23.1 Å². The number of rotatable bonds is 4. The molecule has 160 valence electrons. The van der Waals surface area contributed by atoms with E-state index in [0.29, 0.717) is 10.6 Å². The molecule has 0 saturated carbocycles. The molecule has 0 bridgehead atoms. The Balaban J connectivity index is 1.56. The van der Waals surface area contributed by atoms with Crippen molar-refractivity contribution < 1.29 is 27.3 Å². The molecule has 1 aromatic heterocycles. The van der Waals surface area contributed by atoms with Crippen molar-refractivity contribution in [3.05, 3.63) is 70.6 Å². The maximum Gasteiger partial charge on any atom is 0.416 e. The van der Waals surface area contributed by atoms with E-state index in [2.05, 4.69) is 15.5 Å². The molecule has 1 aliphatic heterocycles. The largest absolute Gasteiger partial charge is 0.416 e. The van der Waals surface area contributed by atoms with Gasteiger partial charge in [-0.1, -0.05) is 41.0 Å². The van der Waals surface area contributed by atoms with E-state index in [1.165, 1.54) is 12.1 Å². The lowest BCUT2D eigenvalue weighted by atomic mass is 9.92. The average molecular weight is 451 g/mol. The predicted molar refractivity (Wildman–Crippen MR) is 103 cm³/mol. The number of carbonyl (C=O) groups is 2. The van der Waals surface area contributed by atoms with Crippen molar-refractivity contribution in [1.82, 2.24) is 20.4 Å². The van der Waals surface area contributed by atoms with Crippen LogP contribution >= 0.6 is 11.6 Å². The molecule has 1 N–H and O–H groups in total. The molecule has 3 aromatic rings. The molecule has 1 unspecified atom stereocenters. The number of urea groups is 1. The quantitative estimate of drug-likeness (QED) is 0.596. The minimum Gasteiger partial charge on any atom is -0.337 e. The number of imide groups is 1. The van der Waals surface area contributed by atoms with E-state index >= 15 is 0 Å². The van der Waals surface area contributed by atoms with Crippen molar-refractivity contribution in [1.29, 1.82) is 0 Å². The molecule has 2 aromatic carbocycles. The van der Waals surface area contributed by atoms with Crippen molar-refractivity contribution in [3.63, 3.8) is 0 Å². The number of benzene rings is 2. The Kier molecular flexibility index (Phi) is 4.97. The minimum absolute atomic E-state index is 0.0892. The van der Waals surface area contributed by atoms with E-state index < -0.39 is 29.2 Å². The molecular formula is C20H14ClF3N4O3. The Hall–Kier alpha value is -3.40. The number of nitrogens with one attached hydrogen (secondary N) is 1. The molecule has 4 rings (SSSR count). The molecule has 7 nitrogen and oxygen atoms in total. The summed E-state index contributed by atoms with van der Waals surface area (Å²) in [6.45, 7) is 1.22. The summed E-state index contributed by atoms with van der Waals surface area (Å²) in [5, 5.41) is 6.78. The summed E-state index contributed by atoms with van der Waals surface area (Å²) < 4.78 is 43.8. The van der Waals surface area contributed by atoms with Crippen molar-refractivity contribution in [2.45, 2.75) is 25.2 Å². The van der Waals surface area contributed by atoms with Gasteiger partial charge in [-0.05, 0) is 36.8 Å². The van der Waals surface area contributed by atoms with Crippen LogP contribution in [0.5, 0.6) is 0 Å². The van der Waals surface area contributed by atoms with Gasteiger partial charge in [0.15, 0.2) is 0 Å². The van der Waals surface area contributed by atoms with E-state index in [1.807, 2.05) is 0 Å². The van der Waals surface area contributed by atoms with Gasteiger partial charge in [-0.25, -0.2) is 4.79 Å². The van der Waals surface area contributed by atoms with Gasteiger partial charge in [-0.2, -0.15) is 18.2 Å². The first-order valence-corrected chi connectivity index (χ1v) is 9.36. The van der Waals surface area contributed by atoms with Gasteiger partial charge in [-0.3, -0.25) is 9.69 Å². The zero-order valence-corrected chi connectivity index (χ0v) is 16.7. The lowest BCUT2D eigenvalue weighted by Gasteiger charge is -2.22. The van der Waals surface area contributed by atoms with Crippen LogP contribution in [0.4, 0.5) is 18.0 Å². The molecular weight excluding hydrogens is 437 g/mol. The third kappa shape index (κ3) is 3.86. The Morgan fingerprint density at radius 1 is 1.16 bits per heavy atom. The van der Waals surface area contributed by atoms with E-state index in [-0.39, 0.29) is 23.8 Å². The van der Waals surface area contributed by atoms with Crippen LogP contribution in [0.15, 0.2) is 53.1 Å². The summed E-state index contributed by atoms with van der Waals surface area (Å²) in [5.74, 6) is -0.733. The summed E-state index contributed by atoms with van der Waals surface area (Å²) in [6.07, 6.45) is -4.52. The van der Waals surface area contributed by atoms with Gasteiger partial charge < -0.3 is 9.84 Å². The van der Waals surface area contributed by atoms with Gasteiger partial charge in [0.05, 0.1) is 5.56 Å². The fourth-order valence-electron chi connectivity index (χ4n) is 3.23. The van der Waals surface area contributed by atoms with Crippen molar-refractivity contribution >= 4 is 23.5 Å². The summed E-state index contributed by atoms with van der Waals surface area (Å²) in [7, 11) is 0. The summed E-state index contributed by atoms with van der Waals surface area (Å²) in [6, 6.07) is 10.2. The van der Waals surface area contributed by atoms with Gasteiger partial charge in [0.2, 0.25) is 11.7 Å². The Bertz CT molecular complexity index is 1160. The fourth-order valence-corrected chi connectivity index (χ4v) is 3.35. The van der Waals surface area contributed by atoms with Gasteiger partial charge in [0.1, 0.15) is 12.1 Å². The summed E-state index contributed by atoms with van der Waals surface area (Å²) in [4.78, 5) is 30.3. The average Bonchev–Trinajstić information content (AvgIpc) is 3.27. The number of carbonyl (C=O) groups excluding carboxylic acids is 2. The maximum absolute atomic E-state index is 13.0. The fraction of sp³-hybridized carbons (Fsp3) is 0.200. The first-order chi connectivity index (χ1) is 14.6. The number of nitrogens with zero attached hydrogens (tertiary/aromatic N) is 3. The lowest BCUT2D eigenvalue weighted by Crippen LogP contribution is -2.40. The van der Waals surface area contributed by atoms with E-state index in [1.54, 1.807) is 31.2 Å². The molecule has 0 spiro atoms. The van der Waals surface area contributed by atoms with Crippen LogP contribution in [0.1, 0.15) is 23.9 Å². The molecule has 11 heteroatoms. The SMILES string of the molecule is CC1(c2ccc(Cl)cc2)NC(=O)N(Cc2nc(-c3cccc(C(F)(F)F)c3)no2)C1=O. The van der Waals surface area contributed by atoms with Gasteiger partial charge in [0.25, 0.3) is 5.91 Å². The van der Waals surface area contributed by atoms with Crippen LogP contribution in [0.3, 0.4) is 0 Å². The predicted octanol–water partition coefficient (Wildman–Crippen LogP) is 4.38. The molecule has 1 atom stereocenters. The highest BCUT2D eigenvalue weighted by Crippen LogP contribution is 2.32. The Labute approximate surface area is 178 Å². The van der Waals surface area contributed by atoms with Gasteiger partial charge >= 0.3 is 12.2 Å². The molecule has 3 amide bonds. The molecule has 1 aliphatic rings. The molecule has 31 heavy (non-hydrogen) atoms. The molecule has 1 saturated heterocycles. The number of alkyl halides is 3. The van der Waals surface area contributed by atoms with Crippen LogP contribution < -0.4 is 5.32 Å². The van der Waals surface area contributed by atoms with Crippen LogP contribution in [0.2, 0.25) is 5.02 Å². The first-order valence-electron chi connectivity index (χ1n) is 8.98. The summed E-state index contributed by atoms with van der Waals surface area (Å²) >= 11 is 5.88. The maximum atomic E-state index is 13.0. The van der Waals surface area contributed by atoms with Crippen molar-refractivity contribution in [3.8, 4) is 11.4 Å². The molecule has 2 heterocycles. The number of hydrogen-bond acceptors (Lipinski definition) is 5. The van der Waals surface area contributed by atoms with Gasteiger partial charge in [0, 0.05) is 10.6 Å². The highest BCUT2D eigenvalue weighted by Gasteiger charge is 2.49. The number of halogens is 4. The van der Waals surface area contributed by atoms with E-state index in [0.717, 1.165) is 17.0 Å². The number of hydrogen-bond donors (Lipinski definition) is 1. The monoisotopic (exact) mass is 450 g/mol. The van der Waals surface area contributed by atoms with Gasteiger partial charge in [-0.15, -0.1) is 0 Å². The zero-order valence-electron chi connectivity index (χ0n) is 15.9. The molecule has 0 radical (unpaired) electrons. The standard InChI is InChI=1S/C20H14ClF3N4O3/c1-19(12-5-7-14(21)8-6-12)17(29)28(18(30)26-19)10-15-25-16(27-31-15)11-3-2-4-13(9-11)20(22,23)24/h2-9H,10H2,1H3,(H,26,30). The van der Waals surface area contributed by atoms with Crippen LogP contribution in [0.25, 0.3) is 11.4 Å². The number of amides is 3. The van der Waals surface area contributed by atoms with E-state index in [9.17, 15) is 22.8 Å². The number of aromatic nitrogens is 2. The lowest BCUT2D eigenvalue weighted by molar-refractivity contribution is -0.137.